The first-order valence-electron chi connectivity index (χ1n) is 5.99. The van der Waals surface area contributed by atoms with Gasteiger partial charge in [0.15, 0.2) is 0 Å². The Bertz CT molecular complexity index is 360. The topological polar surface area (TPSA) is 55.0 Å². The van der Waals surface area contributed by atoms with Crippen molar-refractivity contribution in [2.75, 3.05) is 18.0 Å². The van der Waals surface area contributed by atoms with Crippen molar-refractivity contribution in [3.8, 4) is 0 Å². The van der Waals surface area contributed by atoms with Crippen molar-refractivity contribution in [3.63, 3.8) is 0 Å². The quantitative estimate of drug-likeness (QED) is 0.815. The molecule has 1 heterocycles. The number of rotatable bonds is 5. The highest BCUT2D eigenvalue weighted by Gasteiger charge is 2.30. The van der Waals surface area contributed by atoms with Crippen LogP contribution >= 0.6 is 0 Å². The number of aromatic nitrogens is 2. The van der Waals surface area contributed by atoms with Crippen LogP contribution in [0.15, 0.2) is 6.20 Å². The highest BCUT2D eigenvalue weighted by atomic mass is 15.3. The van der Waals surface area contributed by atoms with Crippen molar-refractivity contribution < 1.29 is 0 Å². The molecule has 0 saturated heterocycles. The average Bonchev–Trinajstić information content (AvgIpc) is 3.08. The van der Waals surface area contributed by atoms with Crippen LogP contribution in [0.5, 0.6) is 0 Å². The van der Waals surface area contributed by atoms with E-state index >= 15 is 0 Å². The maximum Gasteiger partial charge on any atom is 0.225 e. The number of nitrogens with zero attached hydrogens (tertiary/aromatic N) is 3. The number of hydrogen-bond acceptors (Lipinski definition) is 4. The molecule has 0 unspecified atom stereocenters. The lowest BCUT2D eigenvalue weighted by molar-refractivity contribution is 0.708. The van der Waals surface area contributed by atoms with Gasteiger partial charge in [-0.1, -0.05) is 0 Å². The second-order valence-electron chi connectivity index (χ2n) is 4.51. The van der Waals surface area contributed by atoms with Gasteiger partial charge in [0.1, 0.15) is 0 Å². The summed E-state index contributed by atoms with van der Waals surface area (Å²) in [5.41, 5.74) is 7.79. The number of anilines is 1. The third-order valence-electron chi connectivity index (χ3n) is 3.06. The first-order valence-corrected chi connectivity index (χ1v) is 5.99. The first-order chi connectivity index (χ1) is 7.72. The minimum Gasteiger partial charge on any atom is -0.338 e. The van der Waals surface area contributed by atoms with Gasteiger partial charge in [0.05, 0.1) is 0 Å². The van der Waals surface area contributed by atoms with Crippen LogP contribution < -0.4 is 10.6 Å². The maximum atomic E-state index is 5.56. The zero-order valence-corrected chi connectivity index (χ0v) is 10.1. The summed E-state index contributed by atoms with van der Waals surface area (Å²) in [4.78, 5) is 11.3. The molecule has 0 bridgehead atoms. The van der Waals surface area contributed by atoms with Crippen LogP contribution in [0.1, 0.15) is 30.5 Å². The highest BCUT2D eigenvalue weighted by molar-refractivity contribution is 5.35. The largest absolute Gasteiger partial charge is 0.338 e. The molecule has 0 atom stereocenters. The Kier molecular flexibility index (Phi) is 3.39. The second-order valence-corrected chi connectivity index (χ2v) is 4.51. The van der Waals surface area contributed by atoms with Crippen LogP contribution in [-0.4, -0.2) is 29.1 Å². The van der Waals surface area contributed by atoms with E-state index in [0.29, 0.717) is 6.04 Å². The maximum absolute atomic E-state index is 5.56. The lowest BCUT2D eigenvalue weighted by Gasteiger charge is -2.22. The Morgan fingerprint density at radius 3 is 2.75 bits per heavy atom. The Labute approximate surface area is 96.9 Å². The molecule has 4 heteroatoms. The van der Waals surface area contributed by atoms with Crippen molar-refractivity contribution in [2.24, 2.45) is 5.73 Å². The number of aryl methyl sites for hydroxylation is 2. The van der Waals surface area contributed by atoms with E-state index in [1.165, 1.54) is 12.8 Å². The predicted molar refractivity (Wildman–Crippen MR) is 65.5 cm³/mol. The van der Waals surface area contributed by atoms with Crippen molar-refractivity contribution in [3.05, 3.63) is 17.5 Å². The minimum absolute atomic E-state index is 0.647. The Morgan fingerprint density at radius 1 is 1.44 bits per heavy atom. The smallest absolute Gasteiger partial charge is 0.225 e. The fraction of sp³-hybridized carbons (Fsp3) is 0.667. The molecule has 1 aromatic heterocycles. The summed E-state index contributed by atoms with van der Waals surface area (Å²) < 4.78 is 0. The summed E-state index contributed by atoms with van der Waals surface area (Å²) >= 11 is 0. The zero-order valence-electron chi connectivity index (χ0n) is 10.1. The summed E-state index contributed by atoms with van der Waals surface area (Å²) in [6.45, 7) is 5.78. The lowest BCUT2D eigenvalue weighted by atomic mass is 10.3. The van der Waals surface area contributed by atoms with Crippen molar-refractivity contribution in [1.82, 2.24) is 9.97 Å². The molecular weight excluding hydrogens is 200 g/mol. The van der Waals surface area contributed by atoms with E-state index < -0.39 is 0 Å². The SMILES string of the molecule is Cc1cnc(N(CCCN)C2CC2)nc1C. The summed E-state index contributed by atoms with van der Waals surface area (Å²) in [5, 5.41) is 0. The molecule has 1 saturated carbocycles. The third-order valence-corrected chi connectivity index (χ3v) is 3.06. The zero-order chi connectivity index (χ0) is 11.5. The van der Waals surface area contributed by atoms with E-state index in [1.807, 2.05) is 20.0 Å². The average molecular weight is 220 g/mol. The highest BCUT2D eigenvalue weighted by Crippen LogP contribution is 2.29. The van der Waals surface area contributed by atoms with Gasteiger partial charge in [0, 0.05) is 24.5 Å². The molecule has 1 aromatic rings. The molecule has 0 aromatic carbocycles. The van der Waals surface area contributed by atoms with Crippen LogP contribution in [0, 0.1) is 13.8 Å². The van der Waals surface area contributed by atoms with E-state index in [0.717, 1.165) is 36.7 Å². The van der Waals surface area contributed by atoms with E-state index in [2.05, 4.69) is 14.9 Å². The molecule has 0 amide bonds. The fourth-order valence-corrected chi connectivity index (χ4v) is 1.75. The van der Waals surface area contributed by atoms with E-state index in [4.69, 9.17) is 5.73 Å². The molecule has 4 nitrogen and oxygen atoms in total. The first kappa shape index (κ1) is 11.3. The molecule has 0 spiro atoms. The molecule has 1 aliphatic carbocycles. The molecule has 16 heavy (non-hydrogen) atoms. The summed E-state index contributed by atoms with van der Waals surface area (Å²) in [6.07, 6.45) is 5.45. The summed E-state index contributed by atoms with van der Waals surface area (Å²) in [5.74, 6) is 0.874. The van der Waals surface area contributed by atoms with Crippen LogP contribution in [0.4, 0.5) is 5.95 Å². The van der Waals surface area contributed by atoms with E-state index in [-0.39, 0.29) is 0 Å². The molecular formula is C12H20N4. The molecule has 1 fully saturated rings. The van der Waals surface area contributed by atoms with Crippen LogP contribution in [-0.2, 0) is 0 Å². The van der Waals surface area contributed by atoms with Crippen LogP contribution in [0.25, 0.3) is 0 Å². The Hall–Kier alpha value is -1.16. The minimum atomic E-state index is 0.647. The lowest BCUT2D eigenvalue weighted by Crippen LogP contribution is -2.30. The van der Waals surface area contributed by atoms with Crippen LogP contribution in [0.3, 0.4) is 0 Å². The Morgan fingerprint density at radius 2 is 2.19 bits per heavy atom. The molecule has 1 aliphatic rings. The van der Waals surface area contributed by atoms with Gasteiger partial charge >= 0.3 is 0 Å². The number of nitrogens with two attached hydrogens (primary N) is 1. The van der Waals surface area contributed by atoms with E-state index in [9.17, 15) is 0 Å². The van der Waals surface area contributed by atoms with Gasteiger partial charge in [-0.3, -0.25) is 0 Å². The third kappa shape index (κ3) is 2.50. The van der Waals surface area contributed by atoms with Crippen LogP contribution in [0.2, 0.25) is 0 Å². The standard InChI is InChI=1S/C12H20N4/c1-9-8-14-12(15-10(9)2)16(7-3-6-13)11-4-5-11/h8,11H,3-7,13H2,1-2H3. The van der Waals surface area contributed by atoms with Gasteiger partial charge in [0.25, 0.3) is 0 Å². The molecule has 2 rings (SSSR count). The van der Waals surface area contributed by atoms with E-state index in [1.54, 1.807) is 0 Å². The number of hydrogen-bond donors (Lipinski definition) is 1. The van der Waals surface area contributed by atoms with Gasteiger partial charge in [-0.05, 0) is 45.2 Å². The van der Waals surface area contributed by atoms with Gasteiger partial charge in [-0.2, -0.15) is 0 Å². The Balaban J connectivity index is 2.14. The molecule has 0 aliphatic heterocycles. The van der Waals surface area contributed by atoms with Gasteiger partial charge < -0.3 is 10.6 Å². The van der Waals surface area contributed by atoms with Crippen molar-refractivity contribution in [2.45, 2.75) is 39.2 Å². The normalized spacial score (nSPS) is 15.2. The molecule has 88 valence electrons. The van der Waals surface area contributed by atoms with Crippen molar-refractivity contribution in [1.29, 1.82) is 0 Å². The molecule has 2 N–H and O–H groups in total. The van der Waals surface area contributed by atoms with Gasteiger partial charge in [-0.25, -0.2) is 9.97 Å². The fourth-order valence-electron chi connectivity index (χ4n) is 1.75. The summed E-state index contributed by atoms with van der Waals surface area (Å²) in [6, 6.07) is 0.647. The monoisotopic (exact) mass is 220 g/mol. The summed E-state index contributed by atoms with van der Waals surface area (Å²) in [7, 11) is 0. The van der Waals surface area contributed by atoms with Gasteiger partial charge in [-0.15, -0.1) is 0 Å². The van der Waals surface area contributed by atoms with Crippen molar-refractivity contribution >= 4 is 5.95 Å². The predicted octanol–water partition coefficient (Wildman–Crippen LogP) is 1.41. The van der Waals surface area contributed by atoms with Gasteiger partial charge in [0.2, 0.25) is 5.95 Å². The molecule has 0 radical (unpaired) electrons. The second kappa shape index (κ2) is 4.78.